The molecule has 0 saturated carbocycles. The Labute approximate surface area is 189 Å². The number of halogens is 2. The summed E-state index contributed by atoms with van der Waals surface area (Å²) in [5.41, 5.74) is 2.01. The molecule has 1 saturated heterocycles. The maximum absolute atomic E-state index is 13.5. The van der Waals surface area contributed by atoms with Crippen LogP contribution >= 0.6 is 24.0 Å². The molecule has 158 valence electrons. The van der Waals surface area contributed by atoms with Gasteiger partial charge in [-0.1, -0.05) is 36.4 Å². The molecule has 0 radical (unpaired) electrons. The minimum absolute atomic E-state index is 0. The van der Waals surface area contributed by atoms with Gasteiger partial charge in [-0.05, 0) is 56.1 Å². The van der Waals surface area contributed by atoms with Gasteiger partial charge in [0, 0.05) is 13.1 Å². The fraction of sp³-hybridized carbons (Fsp3) is 0.409. The summed E-state index contributed by atoms with van der Waals surface area (Å²) >= 11 is 0. The molecule has 1 aliphatic heterocycles. The van der Waals surface area contributed by atoms with Crippen molar-refractivity contribution in [2.24, 2.45) is 4.99 Å². The first kappa shape index (κ1) is 23.4. The molecule has 0 aliphatic carbocycles. The Morgan fingerprint density at radius 3 is 2.52 bits per heavy atom. The lowest BCUT2D eigenvalue weighted by molar-refractivity contribution is 0.245. The largest absolute Gasteiger partial charge is 0.505 e. The highest BCUT2D eigenvalue weighted by molar-refractivity contribution is 14.0. The zero-order valence-electron chi connectivity index (χ0n) is 16.8. The van der Waals surface area contributed by atoms with Gasteiger partial charge in [-0.25, -0.2) is 9.38 Å². The number of hydrogen-bond donors (Lipinski definition) is 3. The summed E-state index contributed by atoms with van der Waals surface area (Å²) in [6.07, 6.45) is 2.48. The fourth-order valence-electron chi connectivity index (χ4n) is 3.54. The number of nitrogens with zero attached hydrogens (tertiary/aromatic N) is 2. The molecule has 0 amide bonds. The topological polar surface area (TPSA) is 59.9 Å². The van der Waals surface area contributed by atoms with Gasteiger partial charge < -0.3 is 15.7 Å². The molecule has 7 heteroatoms. The van der Waals surface area contributed by atoms with Crippen LogP contribution in [0.2, 0.25) is 0 Å². The minimum atomic E-state index is -0.621. The maximum atomic E-state index is 13.5. The molecule has 0 spiro atoms. The SMILES string of the molecule is CCNC(=NCc1ccc(O)c(F)c1)NCC(c1ccccc1)N1CCCC1.I. The van der Waals surface area contributed by atoms with E-state index >= 15 is 0 Å². The van der Waals surface area contributed by atoms with E-state index in [4.69, 9.17) is 0 Å². The molecule has 1 fully saturated rings. The van der Waals surface area contributed by atoms with E-state index in [1.54, 1.807) is 6.07 Å². The number of aliphatic imine (C=N–C) groups is 1. The van der Waals surface area contributed by atoms with Crippen LogP contribution in [0.5, 0.6) is 5.75 Å². The first-order valence-corrected chi connectivity index (χ1v) is 9.96. The van der Waals surface area contributed by atoms with Crippen molar-refractivity contribution >= 4 is 29.9 Å². The van der Waals surface area contributed by atoms with Crippen molar-refractivity contribution in [3.8, 4) is 5.75 Å². The van der Waals surface area contributed by atoms with Crippen LogP contribution < -0.4 is 10.6 Å². The second kappa shape index (κ2) is 12.0. The van der Waals surface area contributed by atoms with Gasteiger partial charge in [0.1, 0.15) is 0 Å². The summed E-state index contributed by atoms with van der Waals surface area (Å²) in [5.74, 6) is -0.256. The van der Waals surface area contributed by atoms with Crippen molar-refractivity contribution in [3.63, 3.8) is 0 Å². The third-order valence-corrected chi connectivity index (χ3v) is 5.00. The molecule has 0 aromatic heterocycles. The predicted octanol–water partition coefficient (Wildman–Crippen LogP) is 4.04. The zero-order chi connectivity index (χ0) is 19.8. The Morgan fingerprint density at radius 2 is 1.86 bits per heavy atom. The van der Waals surface area contributed by atoms with Gasteiger partial charge in [-0.15, -0.1) is 24.0 Å². The Bertz CT molecular complexity index is 782. The molecule has 1 unspecified atom stereocenters. The summed E-state index contributed by atoms with van der Waals surface area (Å²) in [6.45, 7) is 6.08. The smallest absolute Gasteiger partial charge is 0.191 e. The van der Waals surface area contributed by atoms with E-state index in [2.05, 4.69) is 44.8 Å². The summed E-state index contributed by atoms with van der Waals surface area (Å²) < 4.78 is 13.5. The Balaban J connectivity index is 0.00000300. The van der Waals surface area contributed by atoms with Crippen LogP contribution in [-0.4, -0.2) is 42.1 Å². The molecule has 1 aliphatic rings. The number of hydrogen-bond acceptors (Lipinski definition) is 3. The van der Waals surface area contributed by atoms with Crippen LogP contribution in [0.25, 0.3) is 0 Å². The quantitative estimate of drug-likeness (QED) is 0.298. The Kier molecular flexibility index (Phi) is 9.66. The molecule has 29 heavy (non-hydrogen) atoms. The molecular weight excluding hydrogens is 482 g/mol. The van der Waals surface area contributed by atoms with Gasteiger partial charge in [-0.2, -0.15) is 0 Å². The minimum Gasteiger partial charge on any atom is -0.505 e. The monoisotopic (exact) mass is 512 g/mol. The van der Waals surface area contributed by atoms with Crippen molar-refractivity contribution < 1.29 is 9.50 Å². The molecule has 2 aromatic carbocycles. The number of phenolic OH excluding ortho intramolecular Hbond substituents is 1. The predicted molar refractivity (Wildman–Crippen MR) is 126 cm³/mol. The van der Waals surface area contributed by atoms with E-state index in [0.717, 1.165) is 26.2 Å². The Morgan fingerprint density at radius 1 is 1.14 bits per heavy atom. The van der Waals surface area contributed by atoms with Crippen molar-refractivity contribution in [2.45, 2.75) is 32.4 Å². The molecule has 1 atom stereocenters. The van der Waals surface area contributed by atoms with Gasteiger partial charge in [0.25, 0.3) is 0 Å². The number of likely N-dealkylation sites (tertiary alicyclic amines) is 1. The number of nitrogens with one attached hydrogen (secondary N) is 2. The molecule has 0 bridgehead atoms. The lowest BCUT2D eigenvalue weighted by Gasteiger charge is -2.29. The molecule has 3 N–H and O–H groups in total. The van der Waals surface area contributed by atoms with E-state index in [0.29, 0.717) is 24.1 Å². The number of aromatic hydroxyl groups is 1. The number of phenols is 1. The highest BCUT2D eigenvalue weighted by Gasteiger charge is 2.23. The van der Waals surface area contributed by atoms with Crippen molar-refractivity contribution in [1.29, 1.82) is 0 Å². The molecular formula is C22H30FIN4O. The van der Waals surface area contributed by atoms with Gasteiger partial charge in [0.15, 0.2) is 17.5 Å². The lowest BCUT2D eigenvalue weighted by atomic mass is 10.1. The van der Waals surface area contributed by atoms with Crippen molar-refractivity contribution in [3.05, 3.63) is 65.5 Å². The fourth-order valence-corrected chi connectivity index (χ4v) is 3.54. The molecule has 3 rings (SSSR count). The molecule has 2 aromatic rings. The summed E-state index contributed by atoms with van der Waals surface area (Å²) in [7, 11) is 0. The highest BCUT2D eigenvalue weighted by atomic mass is 127. The van der Waals surface area contributed by atoms with Crippen LogP contribution in [0.1, 0.15) is 36.9 Å². The second-order valence-corrected chi connectivity index (χ2v) is 7.03. The van der Waals surface area contributed by atoms with E-state index in [-0.39, 0.29) is 29.7 Å². The third-order valence-electron chi connectivity index (χ3n) is 5.00. The van der Waals surface area contributed by atoms with Gasteiger partial charge in [0.2, 0.25) is 0 Å². The maximum Gasteiger partial charge on any atom is 0.191 e. The first-order valence-electron chi connectivity index (χ1n) is 9.96. The number of guanidine groups is 1. The normalized spacial score (nSPS) is 15.6. The summed E-state index contributed by atoms with van der Waals surface area (Å²) in [5, 5.41) is 16.0. The van der Waals surface area contributed by atoms with E-state index in [9.17, 15) is 9.50 Å². The van der Waals surface area contributed by atoms with E-state index in [1.807, 2.05) is 13.0 Å². The van der Waals surface area contributed by atoms with Crippen LogP contribution in [0.3, 0.4) is 0 Å². The lowest BCUT2D eigenvalue weighted by Crippen LogP contribution is -2.42. The summed E-state index contributed by atoms with van der Waals surface area (Å²) in [4.78, 5) is 7.09. The van der Waals surface area contributed by atoms with Crippen LogP contribution in [0.15, 0.2) is 53.5 Å². The first-order chi connectivity index (χ1) is 13.7. The van der Waals surface area contributed by atoms with Crippen molar-refractivity contribution in [2.75, 3.05) is 26.2 Å². The highest BCUT2D eigenvalue weighted by Crippen LogP contribution is 2.24. The van der Waals surface area contributed by atoms with Crippen LogP contribution in [-0.2, 0) is 6.54 Å². The van der Waals surface area contributed by atoms with Crippen molar-refractivity contribution in [1.82, 2.24) is 15.5 Å². The number of rotatable bonds is 7. The standard InChI is InChI=1S/C22H29FN4O.HI/c1-2-24-22(25-15-17-10-11-21(28)19(23)14-17)26-16-20(27-12-6-7-13-27)18-8-4-3-5-9-18;/h3-5,8-11,14,20,28H,2,6-7,12-13,15-16H2,1H3,(H2,24,25,26);1H. The van der Waals surface area contributed by atoms with Crippen LogP contribution in [0.4, 0.5) is 4.39 Å². The Hall–Kier alpha value is -1.87. The average molecular weight is 512 g/mol. The zero-order valence-corrected chi connectivity index (χ0v) is 19.1. The summed E-state index contributed by atoms with van der Waals surface area (Å²) in [6, 6.07) is 15.2. The van der Waals surface area contributed by atoms with Gasteiger partial charge in [0.05, 0.1) is 12.6 Å². The van der Waals surface area contributed by atoms with E-state index < -0.39 is 5.82 Å². The van der Waals surface area contributed by atoms with E-state index in [1.165, 1.54) is 30.5 Å². The average Bonchev–Trinajstić information content (AvgIpc) is 3.24. The van der Waals surface area contributed by atoms with Crippen LogP contribution in [0, 0.1) is 5.82 Å². The molecule has 5 nitrogen and oxygen atoms in total. The molecule has 1 heterocycles. The number of benzene rings is 2. The second-order valence-electron chi connectivity index (χ2n) is 7.03. The third kappa shape index (κ3) is 6.85. The van der Waals surface area contributed by atoms with Gasteiger partial charge in [-0.3, -0.25) is 4.90 Å². The van der Waals surface area contributed by atoms with Gasteiger partial charge >= 0.3 is 0 Å².